The van der Waals surface area contributed by atoms with Crippen molar-refractivity contribution in [2.75, 3.05) is 26.7 Å². The van der Waals surface area contributed by atoms with Crippen LogP contribution in [0.3, 0.4) is 0 Å². The van der Waals surface area contributed by atoms with Gasteiger partial charge in [0.2, 0.25) is 17.7 Å². The number of hydrogen-bond donors (Lipinski definition) is 4. The molecule has 0 bridgehead atoms. The third-order valence-electron chi connectivity index (χ3n) is 8.28. The summed E-state index contributed by atoms with van der Waals surface area (Å²) >= 11 is 0. The minimum Gasteiger partial charge on any atom is -0.493 e. The van der Waals surface area contributed by atoms with Gasteiger partial charge in [-0.2, -0.15) is 0 Å². The number of benzene rings is 1. The van der Waals surface area contributed by atoms with Gasteiger partial charge in [-0.25, -0.2) is 9.59 Å². The van der Waals surface area contributed by atoms with Crippen LogP contribution in [0.25, 0.3) is 0 Å². The summed E-state index contributed by atoms with van der Waals surface area (Å²) < 4.78 is 5.72. The number of rotatable bonds is 5. The lowest BCUT2D eigenvalue weighted by Crippen LogP contribution is -2.64. The van der Waals surface area contributed by atoms with Gasteiger partial charge in [-0.1, -0.05) is 18.2 Å². The molecule has 0 aliphatic carbocycles. The molecule has 2 saturated heterocycles. The Balaban J connectivity index is 1.57. The number of amides is 6. The van der Waals surface area contributed by atoms with Crippen molar-refractivity contribution < 1.29 is 33.8 Å². The maximum absolute atomic E-state index is 14.1. The van der Waals surface area contributed by atoms with E-state index < -0.39 is 47.6 Å². The number of urea groups is 1. The summed E-state index contributed by atoms with van der Waals surface area (Å²) in [7, 11) is 1.49. The van der Waals surface area contributed by atoms with E-state index in [1.807, 2.05) is 24.3 Å². The Morgan fingerprint density at radius 2 is 1.76 bits per heavy atom. The van der Waals surface area contributed by atoms with Gasteiger partial charge >= 0.3 is 12.1 Å². The predicted octanol–water partition coefficient (Wildman–Crippen LogP) is 1.68. The number of hydrogen-bond acceptors (Lipinski definition) is 6. The second-order valence-corrected chi connectivity index (χ2v) is 12.1. The summed E-state index contributed by atoms with van der Waals surface area (Å²) in [5.74, 6) is -0.701. The molecule has 13 nitrogen and oxygen atoms in total. The average molecular weight is 587 g/mol. The first-order valence-electron chi connectivity index (χ1n) is 14.5. The van der Waals surface area contributed by atoms with E-state index in [0.29, 0.717) is 38.8 Å². The highest BCUT2D eigenvalue weighted by molar-refractivity contribution is 5.95. The van der Waals surface area contributed by atoms with Crippen molar-refractivity contribution >= 4 is 29.8 Å². The van der Waals surface area contributed by atoms with Crippen molar-refractivity contribution in [3.8, 4) is 5.75 Å². The third-order valence-corrected chi connectivity index (χ3v) is 8.28. The Kier molecular flexibility index (Phi) is 9.17. The molecule has 5 atom stereocenters. The fourth-order valence-corrected chi connectivity index (χ4v) is 6.28. The van der Waals surface area contributed by atoms with Gasteiger partial charge in [0.05, 0.1) is 19.2 Å². The molecule has 4 N–H and O–H groups in total. The molecule has 0 radical (unpaired) electrons. The lowest BCUT2D eigenvalue weighted by Gasteiger charge is -2.40. The van der Waals surface area contributed by atoms with E-state index in [-0.39, 0.29) is 24.5 Å². The number of para-hydroxylation sites is 1. The summed E-state index contributed by atoms with van der Waals surface area (Å²) in [4.78, 5) is 69.9. The van der Waals surface area contributed by atoms with E-state index in [9.17, 15) is 29.1 Å². The SMILES string of the molecule is CNC(=O)N1CC[C@H]2CC[C@@H](C(=O)N[C@@H]3CCOc4ccccc43)N2C(=O)[C@@H](NC(=O)[C@H](C)N(C(=O)O)C(C)(C)C)C1. The first kappa shape index (κ1) is 30.9. The van der Waals surface area contributed by atoms with Gasteiger partial charge in [-0.3, -0.25) is 19.3 Å². The van der Waals surface area contributed by atoms with Crippen LogP contribution in [0.5, 0.6) is 5.75 Å². The summed E-state index contributed by atoms with van der Waals surface area (Å²) in [6.45, 7) is 7.14. The summed E-state index contributed by atoms with van der Waals surface area (Å²) in [5.41, 5.74) is 0.000965. The molecule has 13 heteroatoms. The first-order chi connectivity index (χ1) is 19.8. The molecule has 0 unspecified atom stereocenters. The number of carbonyl (C=O) groups is 5. The molecule has 3 heterocycles. The van der Waals surface area contributed by atoms with E-state index in [2.05, 4.69) is 16.0 Å². The van der Waals surface area contributed by atoms with Crippen LogP contribution in [0.15, 0.2) is 24.3 Å². The van der Waals surface area contributed by atoms with E-state index in [0.717, 1.165) is 16.2 Å². The molecular weight excluding hydrogens is 544 g/mol. The Labute approximate surface area is 245 Å². The molecule has 6 amide bonds. The van der Waals surface area contributed by atoms with Gasteiger partial charge in [-0.15, -0.1) is 0 Å². The second-order valence-electron chi connectivity index (χ2n) is 12.1. The maximum atomic E-state index is 14.1. The molecule has 2 fully saturated rings. The van der Waals surface area contributed by atoms with Gasteiger partial charge in [0.1, 0.15) is 23.9 Å². The molecule has 1 aromatic rings. The van der Waals surface area contributed by atoms with Gasteiger partial charge in [-0.05, 0) is 53.0 Å². The van der Waals surface area contributed by atoms with E-state index in [1.54, 1.807) is 25.7 Å². The number of carboxylic acid groups (broad SMARTS) is 1. The smallest absolute Gasteiger partial charge is 0.408 e. The van der Waals surface area contributed by atoms with Crippen LogP contribution in [-0.2, 0) is 14.4 Å². The van der Waals surface area contributed by atoms with Crippen LogP contribution in [0.4, 0.5) is 9.59 Å². The zero-order chi connectivity index (χ0) is 30.8. The van der Waals surface area contributed by atoms with Crippen LogP contribution < -0.4 is 20.7 Å². The molecular formula is C29H42N6O7. The van der Waals surface area contributed by atoms with Crippen LogP contribution in [0.2, 0.25) is 0 Å². The molecule has 4 rings (SSSR count). The number of nitrogens with one attached hydrogen (secondary N) is 3. The fourth-order valence-electron chi connectivity index (χ4n) is 6.28. The minimum atomic E-state index is -1.27. The topological polar surface area (TPSA) is 161 Å². The van der Waals surface area contributed by atoms with Crippen molar-refractivity contribution in [2.45, 2.75) is 89.1 Å². The van der Waals surface area contributed by atoms with Crippen molar-refractivity contribution in [3.63, 3.8) is 0 Å². The molecule has 0 spiro atoms. The lowest BCUT2D eigenvalue weighted by molar-refractivity contribution is -0.145. The van der Waals surface area contributed by atoms with Gasteiger partial charge < -0.3 is 35.6 Å². The van der Waals surface area contributed by atoms with E-state index in [1.165, 1.54) is 18.9 Å². The van der Waals surface area contributed by atoms with Crippen LogP contribution in [-0.4, -0.2) is 106 Å². The van der Waals surface area contributed by atoms with Crippen molar-refractivity contribution in [1.82, 2.24) is 30.7 Å². The highest BCUT2D eigenvalue weighted by atomic mass is 16.5. The Morgan fingerprint density at radius 3 is 2.43 bits per heavy atom. The fraction of sp³-hybridized carbons (Fsp3) is 0.621. The van der Waals surface area contributed by atoms with Crippen LogP contribution >= 0.6 is 0 Å². The summed E-state index contributed by atoms with van der Waals surface area (Å²) in [6.07, 6.45) is 0.826. The van der Waals surface area contributed by atoms with E-state index in [4.69, 9.17) is 4.74 Å². The Bertz CT molecular complexity index is 1220. The normalized spacial score (nSPS) is 24.6. The molecule has 230 valence electrons. The maximum Gasteiger partial charge on any atom is 0.408 e. The van der Waals surface area contributed by atoms with Crippen LogP contribution in [0, 0.1) is 0 Å². The quantitative estimate of drug-likeness (QED) is 0.408. The standard InChI is InChI=1S/C29H42N6O7/c1-17(35(28(40)41)29(2,3)4)24(36)32-21-16-33(27(39)30-5)14-12-18-10-11-22(34(18)26(21)38)25(37)31-20-13-15-42-23-9-7-6-8-19(20)23/h6-9,17-18,20-22H,10-16H2,1-5H3,(H,30,39)(H,31,37)(H,32,36)(H,40,41)/t17-,18+,20+,21-,22-/m0/s1. The van der Waals surface area contributed by atoms with E-state index >= 15 is 0 Å². The average Bonchev–Trinajstić information content (AvgIpc) is 3.35. The molecule has 3 aliphatic rings. The molecule has 0 saturated carbocycles. The van der Waals surface area contributed by atoms with Crippen molar-refractivity contribution in [3.05, 3.63) is 29.8 Å². The number of carbonyl (C=O) groups excluding carboxylic acids is 4. The number of fused-ring (bicyclic) bond motifs is 2. The lowest BCUT2D eigenvalue weighted by atomic mass is 10.00. The number of ether oxygens (including phenoxy) is 1. The molecule has 3 aliphatic heterocycles. The second kappa shape index (κ2) is 12.5. The highest BCUT2D eigenvalue weighted by Crippen LogP contribution is 2.34. The molecule has 1 aromatic carbocycles. The van der Waals surface area contributed by atoms with Crippen LogP contribution in [0.1, 0.15) is 65.0 Å². The van der Waals surface area contributed by atoms with Gasteiger partial charge in [0.15, 0.2) is 0 Å². The van der Waals surface area contributed by atoms with Gasteiger partial charge in [0.25, 0.3) is 0 Å². The summed E-state index contributed by atoms with van der Waals surface area (Å²) in [5, 5.41) is 18.2. The Hall–Kier alpha value is -4.03. The molecule has 0 aromatic heterocycles. The number of nitrogens with zero attached hydrogens (tertiary/aromatic N) is 3. The zero-order valence-corrected chi connectivity index (χ0v) is 24.9. The minimum absolute atomic E-state index is 0.121. The third kappa shape index (κ3) is 6.39. The zero-order valence-electron chi connectivity index (χ0n) is 24.9. The predicted molar refractivity (Wildman–Crippen MR) is 153 cm³/mol. The monoisotopic (exact) mass is 586 g/mol. The Morgan fingerprint density at radius 1 is 1.05 bits per heavy atom. The summed E-state index contributed by atoms with van der Waals surface area (Å²) in [6, 6.07) is 3.55. The highest BCUT2D eigenvalue weighted by Gasteiger charge is 2.46. The first-order valence-corrected chi connectivity index (χ1v) is 14.5. The van der Waals surface area contributed by atoms with Crippen molar-refractivity contribution in [2.24, 2.45) is 0 Å². The molecule has 42 heavy (non-hydrogen) atoms. The largest absolute Gasteiger partial charge is 0.493 e. The van der Waals surface area contributed by atoms with Crippen molar-refractivity contribution in [1.29, 1.82) is 0 Å². The van der Waals surface area contributed by atoms with Gasteiger partial charge in [0, 0.05) is 37.2 Å².